The van der Waals surface area contributed by atoms with E-state index < -0.39 is 44.8 Å². The monoisotopic (exact) mass is 420 g/mol. The summed E-state index contributed by atoms with van der Waals surface area (Å²) >= 11 is 0. The normalized spacial score (nSPS) is 16.5. The van der Waals surface area contributed by atoms with Gasteiger partial charge in [-0.1, -0.05) is 0 Å². The average molecular weight is 420 g/mol. The number of rotatable bonds is 5. The summed E-state index contributed by atoms with van der Waals surface area (Å²) in [6.07, 6.45) is -22.0. The molecule has 0 aromatic carbocycles. The minimum atomic E-state index is -9.53. The fourth-order valence-electron chi connectivity index (χ4n) is 0.841. The summed E-state index contributed by atoms with van der Waals surface area (Å²) < 4.78 is 195. The van der Waals surface area contributed by atoms with Gasteiger partial charge in [-0.25, -0.2) is 8.22 Å². The highest BCUT2D eigenvalue weighted by molar-refractivity contribution is 6.62. The average Bonchev–Trinajstić information content (AvgIpc) is 2.23. The third-order valence-corrected chi connectivity index (χ3v) is 3.65. The van der Waals surface area contributed by atoms with Crippen molar-refractivity contribution in [2.75, 3.05) is 0 Å². The van der Waals surface area contributed by atoms with Crippen molar-refractivity contribution >= 4 is 8.99 Å². The molecule has 0 saturated heterocycles. The van der Waals surface area contributed by atoms with Crippen LogP contribution in [0.1, 0.15) is 0 Å². The lowest BCUT2D eigenvalue weighted by Crippen LogP contribution is -2.70. The van der Waals surface area contributed by atoms with E-state index in [1.165, 1.54) is 4.43 Å². The van der Waals surface area contributed by atoms with Gasteiger partial charge < -0.3 is 0 Å². The first kappa shape index (κ1) is 23.1. The fourth-order valence-corrected chi connectivity index (χ4v) is 1.93. The topological polar surface area (TPSA) is 9.23 Å². The minimum absolute atomic E-state index is 1.27. The summed E-state index contributed by atoms with van der Waals surface area (Å²) in [7, 11) is -9.53. The molecule has 0 atom stereocenters. The standard InChI is InChI=1S/C6F16OSi/c7-1(8,3(11,12)13)2(9,10)6(19,20)24(21,22)23-5(17,18)4(14,15)16. The lowest BCUT2D eigenvalue weighted by Gasteiger charge is -2.36. The second-order valence-electron chi connectivity index (χ2n) is 3.85. The van der Waals surface area contributed by atoms with Gasteiger partial charge in [0, 0.05) is 0 Å². The Kier molecular flexibility index (Phi) is 5.31. The molecule has 0 aliphatic heterocycles. The van der Waals surface area contributed by atoms with E-state index >= 15 is 0 Å². The van der Waals surface area contributed by atoms with Crippen molar-refractivity contribution in [3.05, 3.63) is 0 Å². The maximum Gasteiger partial charge on any atom is 0.663 e. The molecule has 0 unspecified atom stereocenters. The molecule has 0 aromatic rings. The van der Waals surface area contributed by atoms with Crippen LogP contribution in [0.5, 0.6) is 0 Å². The van der Waals surface area contributed by atoms with Crippen molar-refractivity contribution in [1.82, 2.24) is 0 Å². The smallest absolute Gasteiger partial charge is 0.296 e. The Labute approximate surface area is 120 Å². The van der Waals surface area contributed by atoms with Crippen LogP contribution in [0.25, 0.3) is 0 Å². The molecule has 0 amide bonds. The van der Waals surface area contributed by atoms with Gasteiger partial charge in [-0.3, -0.25) is 4.43 Å². The molecular weight excluding hydrogens is 420 g/mol. The molecule has 0 spiro atoms. The van der Waals surface area contributed by atoms with Gasteiger partial charge in [0.15, 0.2) is 0 Å². The van der Waals surface area contributed by atoms with Crippen molar-refractivity contribution in [3.8, 4) is 0 Å². The molecule has 1 nitrogen and oxygen atoms in total. The van der Waals surface area contributed by atoms with Gasteiger partial charge in [0.2, 0.25) is 0 Å². The molecule has 0 aliphatic rings. The molecule has 0 heterocycles. The van der Waals surface area contributed by atoms with Crippen LogP contribution in [0.15, 0.2) is 0 Å². The predicted molar refractivity (Wildman–Crippen MR) is 41.0 cm³/mol. The van der Waals surface area contributed by atoms with Crippen LogP contribution in [-0.4, -0.2) is 44.8 Å². The first-order chi connectivity index (χ1) is 9.96. The van der Waals surface area contributed by atoms with E-state index in [0.717, 1.165) is 0 Å². The van der Waals surface area contributed by atoms with Crippen LogP contribution in [0, 0.1) is 0 Å². The Bertz CT molecular complexity index is 458. The second kappa shape index (κ2) is 5.53. The molecule has 18 heteroatoms. The third-order valence-electron chi connectivity index (χ3n) is 2.10. The predicted octanol–water partition coefficient (Wildman–Crippen LogP) is 5.04. The largest absolute Gasteiger partial charge is 0.663 e. The highest BCUT2D eigenvalue weighted by Gasteiger charge is 2.91. The van der Waals surface area contributed by atoms with Gasteiger partial charge >= 0.3 is 44.8 Å². The van der Waals surface area contributed by atoms with Gasteiger partial charge in [-0.05, 0) is 0 Å². The fraction of sp³-hybridized carbons (Fsp3) is 1.00. The van der Waals surface area contributed by atoms with Gasteiger partial charge in [0.05, 0.1) is 0 Å². The molecule has 0 rings (SSSR count). The lowest BCUT2D eigenvalue weighted by molar-refractivity contribution is -0.398. The van der Waals surface area contributed by atoms with E-state index in [-0.39, 0.29) is 0 Å². The van der Waals surface area contributed by atoms with Gasteiger partial charge in [0.1, 0.15) is 0 Å². The van der Waals surface area contributed by atoms with Crippen molar-refractivity contribution in [2.24, 2.45) is 0 Å². The van der Waals surface area contributed by atoms with E-state index in [1.807, 2.05) is 0 Å². The second-order valence-corrected chi connectivity index (χ2v) is 5.72. The van der Waals surface area contributed by atoms with Crippen molar-refractivity contribution in [2.45, 2.75) is 35.9 Å². The van der Waals surface area contributed by atoms with Gasteiger partial charge in [-0.2, -0.15) is 61.5 Å². The number of hydrogen-bond donors (Lipinski definition) is 0. The molecule has 0 aliphatic carbocycles. The van der Waals surface area contributed by atoms with Crippen LogP contribution in [-0.2, 0) is 4.43 Å². The molecule has 146 valence electrons. The third kappa shape index (κ3) is 3.38. The van der Waals surface area contributed by atoms with Crippen LogP contribution >= 0.6 is 0 Å². The first-order valence-electron chi connectivity index (χ1n) is 4.68. The Hall–Kier alpha value is -0.943. The van der Waals surface area contributed by atoms with Gasteiger partial charge in [-0.15, -0.1) is 0 Å². The van der Waals surface area contributed by atoms with Crippen molar-refractivity contribution in [3.63, 3.8) is 0 Å². The summed E-state index contributed by atoms with van der Waals surface area (Å²) in [5, 5.41) is 0. The Morgan fingerprint density at radius 1 is 0.500 bits per heavy atom. The number of alkyl halides is 14. The van der Waals surface area contributed by atoms with E-state index in [4.69, 9.17) is 0 Å². The van der Waals surface area contributed by atoms with Crippen LogP contribution in [0.4, 0.5) is 69.7 Å². The van der Waals surface area contributed by atoms with Crippen LogP contribution in [0.3, 0.4) is 0 Å². The van der Waals surface area contributed by atoms with E-state index in [1.54, 1.807) is 0 Å². The number of hydrogen-bond acceptors (Lipinski definition) is 1. The first-order valence-corrected chi connectivity index (χ1v) is 6.35. The summed E-state index contributed by atoms with van der Waals surface area (Å²) in [4.78, 5) is 0. The molecule has 0 fully saturated rings. The summed E-state index contributed by atoms with van der Waals surface area (Å²) in [5.74, 6) is -16.0. The summed E-state index contributed by atoms with van der Waals surface area (Å²) in [6, 6.07) is 0. The molecule has 0 radical (unpaired) electrons. The van der Waals surface area contributed by atoms with Crippen molar-refractivity contribution in [1.29, 1.82) is 0 Å². The quantitative estimate of drug-likeness (QED) is 0.344. The SMILES string of the molecule is FC(F)(F)C(F)(F)O[Si](F)(F)C(F)(F)C(F)(F)C(F)(F)C(F)(F)F. The number of halogens is 16. The highest BCUT2D eigenvalue weighted by Crippen LogP contribution is 2.57. The summed E-state index contributed by atoms with van der Waals surface area (Å²) in [5.41, 5.74) is -7.99. The molecule has 0 bridgehead atoms. The Morgan fingerprint density at radius 2 is 0.833 bits per heavy atom. The maximum atomic E-state index is 12.7. The maximum absolute atomic E-state index is 12.7. The van der Waals surface area contributed by atoms with Crippen LogP contribution < -0.4 is 0 Å². The van der Waals surface area contributed by atoms with Gasteiger partial charge in [0.25, 0.3) is 0 Å². The Morgan fingerprint density at radius 3 is 1.08 bits per heavy atom. The zero-order valence-electron chi connectivity index (χ0n) is 9.96. The Balaban J connectivity index is 6.04. The van der Waals surface area contributed by atoms with E-state index in [9.17, 15) is 69.7 Å². The minimum Gasteiger partial charge on any atom is -0.296 e. The summed E-state index contributed by atoms with van der Waals surface area (Å²) in [6.45, 7) is 0. The molecule has 0 N–H and O–H groups in total. The zero-order chi connectivity index (χ0) is 20.2. The van der Waals surface area contributed by atoms with E-state index in [2.05, 4.69) is 0 Å². The van der Waals surface area contributed by atoms with E-state index in [0.29, 0.717) is 0 Å². The van der Waals surface area contributed by atoms with Crippen LogP contribution in [0.2, 0.25) is 0 Å². The lowest BCUT2D eigenvalue weighted by atomic mass is 10.1. The molecule has 0 saturated carbocycles. The zero-order valence-corrected chi connectivity index (χ0v) is 11.0. The molecule has 0 aromatic heterocycles. The molecule has 24 heavy (non-hydrogen) atoms. The highest BCUT2D eigenvalue weighted by atomic mass is 28.4. The van der Waals surface area contributed by atoms with Crippen molar-refractivity contribution < 1.29 is 74.1 Å². The molecular formula is C6F16OSi.